The van der Waals surface area contributed by atoms with Crippen LogP contribution in [-0.4, -0.2) is 13.6 Å². The number of nitrogens with one attached hydrogen (secondary N) is 1. The van der Waals surface area contributed by atoms with E-state index in [1.165, 1.54) is 0 Å². The Kier molecular flexibility index (Phi) is 4.02. The Morgan fingerprint density at radius 1 is 1.33 bits per heavy atom. The smallest absolute Gasteiger partial charge is 0.0578 e. The molecular formula is C12H17N3. The molecule has 1 aromatic rings. The zero-order valence-electron chi connectivity index (χ0n) is 9.22. The van der Waals surface area contributed by atoms with E-state index in [1.807, 2.05) is 26.1 Å². The van der Waals surface area contributed by atoms with E-state index >= 15 is 0 Å². The van der Waals surface area contributed by atoms with E-state index < -0.39 is 0 Å². The van der Waals surface area contributed by atoms with Crippen LogP contribution in [-0.2, 0) is 0 Å². The summed E-state index contributed by atoms with van der Waals surface area (Å²) in [5.41, 5.74) is 14.6. The molecule has 80 valence electrons. The molecule has 0 unspecified atom stereocenters. The molecule has 0 saturated heterocycles. The molecule has 0 aliphatic rings. The number of rotatable bonds is 2. The van der Waals surface area contributed by atoms with Crippen molar-refractivity contribution >= 4 is 11.4 Å². The van der Waals surface area contributed by atoms with Crippen molar-refractivity contribution < 1.29 is 0 Å². The van der Waals surface area contributed by atoms with E-state index in [9.17, 15) is 0 Å². The molecule has 0 fully saturated rings. The molecule has 0 saturated carbocycles. The van der Waals surface area contributed by atoms with Crippen LogP contribution in [0.15, 0.2) is 12.1 Å². The summed E-state index contributed by atoms with van der Waals surface area (Å²) in [5, 5.41) is 3.04. The van der Waals surface area contributed by atoms with Crippen molar-refractivity contribution in [3.63, 3.8) is 0 Å². The second-order valence-electron chi connectivity index (χ2n) is 3.45. The number of hydrogen-bond donors (Lipinski definition) is 3. The van der Waals surface area contributed by atoms with Gasteiger partial charge < -0.3 is 16.8 Å². The first-order valence-electron chi connectivity index (χ1n) is 4.94. The summed E-state index contributed by atoms with van der Waals surface area (Å²) in [6, 6.07) is 3.77. The van der Waals surface area contributed by atoms with Gasteiger partial charge >= 0.3 is 0 Å². The van der Waals surface area contributed by atoms with Crippen molar-refractivity contribution in [2.75, 3.05) is 25.1 Å². The highest BCUT2D eigenvalue weighted by Gasteiger charge is 1.99. The van der Waals surface area contributed by atoms with E-state index in [0.29, 0.717) is 11.4 Å². The molecule has 15 heavy (non-hydrogen) atoms. The molecule has 0 aliphatic heterocycles. The Labute approximate surface area is 90.8 Å². The van der Waals surface area contributed by atoms with Gasteiger partial charge in [-0.3, -0.25) is 0 Å². The first kappa shape index (κ1) is 11.4. The SMILES string of the molecule is CNCCC#Cc1cc(C)c(N)c(N)c1. The highest BCUT2D eigenvalue weighted by atomic mass is 14.8. The Morgan fingerprint density at radius 3 is 2.67 bits per heavy atom. The quantitative estimate of drug-likeness (QED) is 0.383. The Morgan fingerprint density at radius 2 is 2.07 bits per heavy atom. The number of anilines is 2. The lowest BCUT2D eigenvalue weighted by Gasteiger charge is -2.04. The summed E-state index contributed by atoms with van der Waals surface area (Å²) in [5.74, 6) is 6.13. The van der Waals surface area contributed by atoms with E-state index in [-0.39, 0.29) is 0 Å². The van der Waals surface area contributed by atoms with E-state index in [2.05, 4.69) is 17.2 Å². The molecule has 0 aliphatic carbocycles. The third-order valence-electron chi connectivity index (χ3n) is 2.15. The zero-order chi connectivity index (χ0) is 11.3. The lowest BCUT2D eigenvalue weighted by molar-refractivity contribution is 0.818. The van der Waals surface area contributed by atoms with Gasteiger partial charge in [-0.15, -0.1) is 0 Å². The van der Waals surface area contributed by atoms with Gasteiger partial charge in [-0.1, -0.05) is 11.8 Å². The van der Waals surface area contributed by atoms with Gasteiger partial charge in [-0.2, -0.15) is 0 Å². The van der Waals surface area contributed by atoms with Crippen molar-refractivity contribution in [3.8, 4) is 11.8 Å². The monoisotopic (exact) mass is 203 g/mol. The summed E-state index contributed by atoms with van der Waals surface area (Å²) in [7, 11) is 1.91. The van der Waals surface area contributed by atoms with E-state index in [0.717, 1.165) is 24.1 Å². The van der Waals surface area contributed by atoms with Crippen LogP contribution in [0.25, 0.3) is 0 Å². The van der Waals surface area contributed by atoms with Crippen LogP contribution in [0.3, 0.4) is 0 Å². The van der Waals surface area contributed by atoms with Crippen LogP contribution in [0.4, 0.5) is 11.4 Å². The Hall–Kier alpha value is -1.66. The highest BCUT2D eigenvalue weighted by molar-refractivity contribution is 5.69. The second kappa shape index (κ2) is 5.28. The Balaban J connectivity index is 2.81. The molecule has 0 spiro atoms. The summed E-state index contributed by atoms with van der Waals surface area (Å²) in [4.78, 5) is 0. The number of nitrogens with two attached hydrogens (primary N) is 2. The zero-order valence-corrected chi connectivity index (χ0v) is 9.22. The second-order valence-corrected chi connectivity index (χ2v) is 3.45. The van der Waals surface area contributed by atoms with Crippen LogP contribution >= 0.6 is 0 Å². The van der Waals surface area contributed by atoms with Crippen LogP contribution in [0.2, 0.25) is 0 Å². The van der Waals surface area contributed by atoms with Crippen LogP contribution in [0.1, 0.15) is 17.5 Å². The molecule has 1 rings (SSSR count). The topological polar surface area (TPSA) is 64.1 Å². The fourth-order valence-corrected chi connectivity index (χ4v) is 1.25. The summed E-state index contributed by atoms with van der Waals surface area (Å²) < 4.78 is 0. The molecule has 0 bridgehead atoms. The van der Waals surface area contributed by atoms with Gasteiger partial charge in [-0.05, 0) is 31.7 Å². The predicted molar refractivity (Wildman–Crippen MR) is 65.4 cm³/mol. The Bertz CT molecular complexity index is 376. The molecule has 0 radical (unpaired) electrons. The highest BCUT2D eigenvalue weighted by Crippen LogP contribution is 2.20. The van der Waals surface area contributed by atoms with Crippen LogP contribution in [0.5, 0.6) is 0 Å². The molecule has 3 nitrogen and oxygen atoms in total. The van der Waals surface area contributed by atoms with Gasteiger partial charge in [-0.25, -0.2) is 0 Å². The molecule has 5 N–H and O–H groups in total. The molecule has 0 amide bonds. The predicted octanol–water partition coefficient (Wildman–Crippen LogP) is 1.12. The number of benzene rings is 1. The summed E-state index contributed by atoms with van der Waals surface area (Å²) in [6.45, 7) is 2.83. The fourth-order valence-electron chi connectivity index (χ4n) is 1.25. The lowest BCUT2D eigenvalue weighted by Crippen LogP contribution is -2.05. The maximum atomic E-state index is 5.75. The minimum atomic E-state index is 0.605. The van der Waals surface area contributed by atoms with Gasteiger partial charge in [0.1, 0.15) is 0 Å². The molecule has 0 atom stereocenters. The summed E-state index contributed by atoms with van der Waals surface area (Å²) in [6.07, 6.45) is 0.833. The van der Waals surface area contributed by atoms with Gasteiger partial charge in [0.15, 0.2) is 0 Å². The van der Waals surface area contributed by atoms with Crippen molar-refractivity contribution in [1.29, 1.82) is 0 Å². The summed E-state index contributed by atoms with van der Waals surface area (Å²) >= 11 is 0. The van der Waals surface area contributed by atoms with Crippen LogP contribution in [0, 0.1) is 18.8 Å². The molecule has 1 aromatic carbocycles. The van der Waals surface area contributed by atoms with Gasteiger partial charge in [0.05, 0.1) is 11.4 Å². The molecule has 3 heteroatoms. The standard InChI is InChI=1S/C12H17N3/c1-9-7-10(5-3-4-6-15-2)8-11(13)12(9)14/h7-8,15H,4,6,13-14H2,1-2H3. The van der Waals surface area contributed by atoms with Crippen LogP contribution < -0.4 is 16.8 Å². The van der Waals surface area contributed by atoms with E-state index in [4.69, 9.17) is 11.5 Å². The van der Waals surface area contributed by atoms with Crippen molar-refractivity contribution in [2.24, 2.45) is 0 Å². The molecule has 0 aromatic heterocycles. The molecular weight excluding hydrogens is 186 g/mol. The average Bonchev–Trinajstić information content (AvgIpc) is 2.21. The van der Waals surface area contributed by atoms with Gasteiger partial charge in [0, 0.05) is 18.5 Å². The first-order valence-corrected chi connectivity index (χ1v) is 4.94. The third kappa shape index (κ3) is 3.19. The van der Waals surface area contributed by atoms with Crippen molar-refractivity contribution in [2.45, 2.75) is 13.3 Å². The van der Waals surface area contributed by atoms with Gasteiger partial charge in [0.25, 0.3) is 0 Å². The third-order valence-corrected chi connectivity index (χ3v) is 2.15. The molecule has 0 heterocycles. The minimum absolute atomic E-state index is 0.605. The van der Waals surface area contributed by atoms with E-state index in [1.54, 1.807) is 0 Å². The van der Waals surface area contributed by atoms with Crippen molar-refractivity contribution in [3.05, 3.63) is 23.3 Å². The minimum Gasteiger partial charge on any atom is -0.397 e. The number of nitrogen functional groups attached to an aromatic ring is 2. The fraction of sp³-hybridized carbons (Fsp3) is 0.333. The first-order chi connectivity index (χ1) is 7.15. The largest absolute Gasteiger partial charge is 0.397 e. The number of aryl methyl sites for hydroxylation is 1. The maximum Gasteiger partial charge on any atom is 0.0578 e. The normalized spacial score (nSPS) is 9.47. The van der Waals surface area contributed by atoms with Gasteiger partial charge in [0.2, 0.25) is 0 Å². The number of hydrogen-bond acceptors (Lipinski definition) is 3. The lowest BCUT2D eigenvalue weighted by atomic mass is 10.1. The average molecular weight is 203 g/mol. The maximum absolute atomic E-state index is 5.75. The van der Waals surface area contributed by atoms with Crippen molar-refractivity contribution in [1.82, 2.24) is 5.32 Å².